The van der Waals surface area contributed by atoms with Gasteiger partial charge >= 0.3 is 0 Å². The number of likely N-dealkylation sites (tertiary alicyclic amines) is 1. The van der Waals surface area contributed by atoms with Crippen molar-refractivity contribution < 1.29 is 9.90 Å². The van der Waals surface area contributed by atoms with Gasteiger partial charge in [0.15, 0.2) is 0 Å². The highest BCUT2D eigenvalue weighted by atomic mass is 35.5. The third kappa shape index (κ3) is 2.23. The first-order valence-corrected chi connectivity index (χ1v) is 7.65. The van der Waals surface area contributed by atoms with Crippen LogP contribution in [0.15, 0.2) is 24.3 Å². The molecule has 1 amide bonds. The second kappa shape index (κ2) is 4.74. The Hall–Kier alpha value is -1.06. The molecule has 20 heavy (non-hydrogen) atoms. The van der Waals surface area contributed by atoms with Crippen LogP contribution in [0.25, 0.3) is 0 Å². The summed E-state index contributed by atoms with van der Waals surface area (Å²) in [6, 6.07) is 7.58. The molecule has 1 aromatic carbocycles. The van der Waals surface area contributed by atoms with E-state index in [2.05, 4.69) is 6.92 Å². The second-order valence-corrected chi connectivity index (χ2v) is 6.66. The van der Waals surface area contributed by atoms with E-state index in [0.717, 1.165) is 31.2 Å². The number of rotatable bonds is 4. The van der Waals surface area contributed by atoms with Gasteiger partial charge in [-0.2, -0.15) is 0 Å². The van der Waals surface area contributed by atoms with Crippen LogP contribution in [0.1, 0.15) is 38.2 Å². The van der Waals surface area contributed by atoms with Crippen LogP contribution >= 0.6 is 11.6 Å². The molecule has 1 N–H and O–H groups in total. The van der Waals surface area contributed by atoms with Crippen LogP contribution in [-0.4, -0.2) is 34.6 Å². The average molecular weight is 294 g/mol. The van der Waals surface area contributed by atoms with Gasteiger partial charge in [0.05, 0.1) is 24.1 Å². The molecule has 1 saturated heterocycles. The van der Waals surface area contributed by atoms with Crippen molar-refractivity contribution in [2.45, 2.75) is 43.6 Å². The molecule has 108 valence electrons. The fraction of sp³-hybridized carbons (Fsp3) is 0.562. The summed E-state index contributed by atoms with van der Waals surface area (Å²) in [6.45, 7) is 3.02. The van der Waals surface area contributed by atoms with Gasteiger partial charge in [0.2, 0.25) is 5.91 Å². The Kier molecular flexibility index (Phi) is 3.30. The Morgan fingerprint density at radius 1 is 1.30 bits per heavy atom. The molecule has 0 radical (unpaired) electrons. The molecule has 3 nitrogen and oxygen atoms in total. The van der Waals surface area contributed by atoms with Crippen LogP contribution in [0.3, 0.4) is 0 Å². The zero-order chi connectivity index (χ0) is 14.4. The van der Waals surface area contributed by atoms with Gasteiger partial charge in [-0.1, -0.05) is 37.1 Å². The second-order valence-electron chi connectivity index (χ2n) is 6.22. The third-order valence-electron chi connectivity index (χ3n) is 4.53. The number of carbonyl (C=O) groups is 1. The van der Waals surface area contributed by atoms with E-state index in [4.69, 9.17) is 11.6 Å². The smallest absolute Gasteiger partial charge is 0.233 e. The lowest BCUT2D eigenvalue weighted by atomic mass is 9.86. The first-order chi connectivity index (χ1) is 9.49. The van der Waals surface area contributed by atoms with Crippen molar-refractivity contribution in [2.24, 2.45) is 0 Å². The number of halogens is 1. The van der Waals surface area contributed by atoms with Crippen molar-refractivity contribution >= 4 is 17.5 Å². The van der Waals surface area contributed by atoms with Crippen molar-refractivity contribution in [3.8, 4) is 0 Å². The van der Waals surface area contributed by atoms with Gasteiger partial charge in [-0.3, -0.25) is 4.79 Å². The topological polar surface area (TPSA) is 40.5 Å². The van der Waals surface area contributed by atoms with Crippen LogP contribution in [0.5, 0.6) is 0 Å². The molecule has 0 aromatic heterocycles. The number of aliphatic hydroxyl groups is 1. The molecule has 4 heteroatoms. The molecule has 0 atom stereocenters. The number of nitrogens with zero attached hydrogens (tertiary/aromatic N) is 1. The normalized spacial score (nSPS) is 22.2. The van der Waals surface area contributed by atoms with Crippen molar-refractivity contribution in [1.82, 2.24) is 4.90 Å². The Balaban J connectivity index is 1.71. The molecular formula is C16H20ClNO2. The summed E-state index contributed by atoms with van der Waals surface area (Å²) < 4.78 is 0. The van der Waals surface area contributed by atoms with E-state index in [1.165, 1.54) is 0 Å². The van der Waals surface area contributed by atoms with Gasteiger partial charge in [0.1, 0.15) is 0 Å². The molecule has 3 rings (SSSR count). The Morgan fingerprint density at radius 3 is 2.40 bits per heavy atom. The molecule has 1 heterocycles. The minimum atomic E-state index is -0.652. The summed E-state index contributed by atoms with van der Waals surface area (Å²) in [5.41, 5.74) is 0.0522. The summed E-state index contributed by atoms with van der Waals surface area (Å²) in [6.07, 6.45) is 3.51. The molecule has 2 aliphatic rings. The van der Waals surface area contributed by atoms with E-state index in [-0.39, 0.29) is 11.3 Å². The maximum absolute atomic E-state index is 12.7. The Labute approximate surface area is 124 Å². The van der Waals surface area contributed by atoms with Gasteiger partial charge in [0, 0.05) is 5.02 Å². The van der Waals surface area contributed by atoms with E-state index in [1.807, 2.05) is 24.3 Å². The maximum Gasteiger partial charge on any atom is 0.233 e. The zero-order valence-electron chi connectivity index (χ0n) is 11.7. The van der Waals surface area contributed by atoms with Gasteiger partial charge < -0.3 is 10.0 Å². The number of hydrogen-bond donors (Lipinski definition) is 1. The van der Waals surface area contributed by atoms with Gasteiger partial charge in [-0.15, -0.1) is 0 Å². The number of hydrogen-bond acceptors (Lipinski definition) is 2. The van der Waals surface area contributed by atoms with E-state index in [0.29, 0.717) is 18.1 Å². The third-order valence-corrected chi connectivity index (χ3v) is 4.78. The van der Waals surface area contributed by atoms with Crippen LogP contribution in [-0.2, 0) is 10.2 Å². The molecule has 1 saturated carbocycles. The Morgan fingerprint density at radius 2 is 1.90 bits per heavy atom. The first kappa shape index (κ1) is 13.9. The fourth-order valence-electron chi connectivity index (χ4n) is 3.25. The van der Waals surface area contributed by atoms with Crippen molar-refractivity contribution in [3.05, 3.63) is 34.9 Å². The molecule has 0 unspecified atom stereocenters. The summed E-state index contributed by atoms with van der Waals surface area (Å²) >= 11 is 5.91. The lowest BCUT2D eigenvalue weighted by Gasteiger charge is -2.48. The summed E-state index contributed by atoms with van der Waals surface area (Å²) in [7, 11) is 0. The number of β-amino-alcohol motifs (C(OH)–C–C–N with tert-alkyl or cyclic N) is 1. The van der Waals surface area contributed by atoms with E-state index < -0.39 is 5.60 Å². The molecular weight excluding hydrogens is 274 g/mol. The highest BCUT2D eigenvalue weighted by molar-refractivity contribution is 6.30. The summed E-state index contributed by atoms with van der Waals surface area (Å²) in [5, 5.41) is 10.9. The minimum Gasteiger partial charge on any atom is -0.386 e. The molecule has 0 bridgehead atoms. The van der Waals surface area contributed by atoms with Crippen LogP contribution < -0.4 is 0 Å². The van der Waals surface area contributed by atoms with E-state index >= 15 is 0 Å². The minimum absolute atomic E-state index is 0.167. The van der Waals surface area contributed by atoms with Gasteiger partial charge in [0.25, 0.3) is 0 Å². The van der Waals surface area contributed by atoms with Crippen molar-refractivity contribution in [1.29, 1.82) is 0 Å². The lowest BCUT2D eigenvalue weighted by molar-refractivity contribution is -0.159. The monoisotopic (exact) mass is 293 g/mol. The van der Waals surface area contributed by atoms with Gasteiger partial charge in [-0.25, -0.2) is 0 Å². The fourth-order valence-corrected chi connectivity index (χ4v) is 3.38. The Bertz CT molecular complexity index is 516. The van der Waals surface area contributed by atoms with Crippen LogP contribution in [0, 0.1) is 0 Å². The standard InChI is InChI=1S/C16H20ClNO2/c1-2-7-15(20)10-18(11-15)14(19)16(8-9-16)12-3-5-13(17)6-4-12/h3-6,20H,2,7-11H2,1H3. The highest BCUT2D eigenvalue weighted by Crippen LogP contribution is 2.50. The average Bonchev–Trinajstić information content (AvgIpc) is 3.17. The predicted octanol–water partition coefficient (Wildman–Crippen LogP) is 2.75. The first-order valence-electron chi connectivity index (χ1n) is 7.27. The van der Waals surface area contributed by atoms with Gasteiger partial charge in [-0.05, 0) is 37.0 Å². The molecule has 2 fully saturated rings. The highest BCUT2D eigenvalue weighted by Gasteiger charge is 2.56. The predicted molar refractivity (Wildman–Crippen MR) is 78.8 cm³/mol. The summed E-state index contributed by atoms with van der Waals surface area (Å²) in [5.74, 6) is 0.167. The number of amides is 1. The molecule has 1 aliphatic carbocycles. The molecule has 1 aromatic rings. The molecule has 1 aliphatic heterocycles. The van der Waals surface area contributed by atoms with Crippen molar-refractivity contribution in [2.75, 3.05) is 13.1 Å². The summed E-state index contributed by atoms with van der Waals surface area (Å²) in [4.78, 5) is 14.5. The van der Waals surface area contributed by atoms with Crippen LogP contribution in [0.4, 0.5) is 0 Å². The largest absolute Gasteiger partial charge is 0.386 e. The SMILES string of the molecule is CCCC1(O)CN(C(=O)C2(c3ccc(Cl)cc3)CC2)C1. The van der Waals surface area contributed by atoms with E-state index in [1.54, 1.807) is 4.90 Å². The lowest BCUT2D eigenvalue weighted by Crippen LogP contribution is -2.65. The number of carbonyl (C=O) groups excluding carboxylic acids is 1. The number of benzene rings is 1. The van der Waals surface area contributed by atoms with Crippen molar-refractivity contribution in [3.63, 3.8) is 0 Å². The maximum atomic E-state index is 12.7. The quantitative estimate of drug-likeness (QED) is 0.927. The van der Waals surface area contributed by atoms with Crippen LogP contribution in [0.2, 0.25) is 5.02 Å². The zero-order valence-corrected chi connectivity index (χ0v) is 12.5. The van der Waals surface area contributed by atoms with E-state index in [9.17, 15) is 9.90 Å². The molecule has 0 spiro atoms.